The Labute approximate surface area is 107 Å². The Kier molecular flexibility index (Phi) is 4.16. The van der Waals surface area contributed by atoms with Crippen molar-refractivity contribution >= 4 is 26.7 Å². The Morgan fingerprint density at radius 3 is 2.75 bits per heavy atom. The molecule has 16 heavy (non-hydrogen) atoms. The Morgan fingerprint density at radius 2 is 2.19 bits per heavy atom. The van der Waals surface area contributed by atoms with Gasteiger partial charge >= 0.3 is 0 Å². The highest BCUT2D eigenvalue weighted by molar-refractivity contribution is 9.10. The molecule has 0 saturated heterocycles. The average molecular weight is 302 g/mol. The van der Waals surface area contributed by atoms with Gasteiger partial charge in [0.2, 0.25) is 0 Å². The van der Waals surface area contributed by atoms with Crippen LogP contribution >= 0.6 is 15.9 Å². The first-order valence-corrected chi connectivity index (χ1v) is 7.63. The lowest BCUT2D eigenvalue weighted by Gasteiger charge is -2.15. The van der Waals surface area contributed by atoms with Crippen molar-refractivity contribution in [3.63, 3.8) is 0 Å². The molecule has 1 N–H and O–H groups in total. The fraction of sp³-hybridized carbons (Fsp3) is 0.500. The summed E-state index contributed by atoms with van der Waals surface area (Å²) in [5.74, 6) is 1.44. The molecular formula is C12H16BrNOS. The Morgan fingerprint density at radius 1 is 1.50 bits per heavy atom. The summed E-state index contributed by atoms with van der Waals surface area (Å²) < 4.78 is 13.2. The molecule has 4 heteroatoms. The van der Waals surface area contributed by atoms with Crippen molar-refractivity contribution < 1.29 is 4.21 Å². The van der Waals surface area contributed by atoms with Crippen LogP contribution in [0.5, 0.6) is 0 Å². The third-order valence-corrected chi connectivity index (χ3v) is 5.44. The minimum atomic E-state index is -0.915. The molecule has 1 aromatic rings. The zero-order valence-electron chi connectivity index (χ0n) is 9.28. The molecule has 1 saturated carbocycles. The minimum absolute atomic E-state index is 0.396. The molecule has 88 valence electrons. The quantitative estimate of drug-likeness (QED) is 0.905. The van der Waals surface area contributed by atoms with Crippen molar-refractivity contribution in [1.82, 2.24) is 5.32 Å². The lowest BCUT2D eigenvalue weighted by molar-refractivity contribution is 0.546. The van der Waals surface area contributed by atoms with Crippen LogP contribution in [0.15, 0.2) is 33.6 Å². The summed E-state index contributed by atoms with van der Waals surface area (Å²) in [6.45, 7) is 0. The van der Waals surface area contributed by atoms with Crippen LogP contribution in [-0.2, 0) is 10.8 Å². The van der Waals surface area contributed by atoms with Crippen LogP contribution in [0.25, 0.3) is 0 Å². The van der Waals surface area contributed by atoms with E-state index in [-0.39, 0.29) is 0 Å². The maximum atomic E-state index is 12.2. The molecule has 0 aromatic heterocycles. The Balaban J connectivity index is 2.04. The Hall–Kier alpha value is -0.190. The van der Waals surface area contributed by atoms with E-state index in [1.165, 1.54) is 12.8 Å². The van der Waals surface area contributed by atoms with E-state index in [9.17, 15) is 4.21 Å². The van der Waals surface area contributed by atoms with Crippen LogP contribution in [0.2, 0.25) is 0 Å². The Bertz CT molecular complexity index is 392. The maximum absolute atomic E-state index is 12.2. The van der Waals surface area contributed by atoms with E-state index in [4.69, 9.17) is 0 Å². The van der Waals surface area contributed by atoms with Gasteiger partial charge in [-0.15, -0.1) is 0 Å². The number of nitrogens with one attached hydrogen (secondary N) is 1. The zero-order valence-corrected chi connectivity index (χ0v) is 11.7. The van der Waals surface area contributed by atoms with Crippen molar-refractivity contribution in [3.8, 4) is 0 Å². The van der Waals surface area contributed by atoms with Crippen LogP contribution in [-0.4, -0.2) is 23.1 Å². The number of halogens is 1. The van der Waals surface area contributed by atoms with E-state index < -0.39 is 10.8 Å². The first-order chi connectivity index (χ1) is 7.72. The second-order valence-electron chi connectivity index (χ2n) is 4.18. The highest BCUT2D eigenvalue weighted by Crippen LogP contribution is 2.33. The minimum Gasteiger partial charge on any atom is -0.316 e. The smallest absolute Gasteiger partial charge is 0.0556 e. The molecule has 1 aliphatic rings. The predicted molar refractivity (Wildman–Crippen MR) is 71.0 cm³/mol. The molecule has 1 fully saturated rings. The van der Waals surface area contributed by atoms with Crippen LogP contribution in [0, 0.1) is 5.92 Å². The molecule has 0 spiro atoms. The van der Waals surface area contributed by atoms with Gasteiger partial charge < -0.3 is 5.32 Å². The molecule has 2 rings (SSSR count). The van der Waals surface area contributed by atoms with Crippen LogP contribution in [0.1, 0.15) is 12.8 Å². The largest absolute Gasteiger partial charge is 0.316 e. The second kappa shape index (κ2) is 5.43. The molecule has 0 aliphatic heterocycles. The van der Waals surface area contributed by atoms with Gasteiger partial charge in [-0.1, -0.05) is 12.1 Å². The molecule has 0 radical (unpaired) electrons. The van der Waals surface area contributed by atoms with Gasteiger partial charge in [0.25, 0.3) is 0 Å². The summed E-state index contributed by atoms with van der Waals surface area (Å²) >= 11 is 3.45. The number of hydrogen-bond acceptors (Lipinski definition) is 2. The topological polar surface area (TPSA) is 29.1 Å². The van der Waals surface area contributed by atoms with Gasteiger partial charge in [0.05, 0.1) is 15.7 Å². The van der Waals surface area contributed by atoms with Crippen molar-refractivity contribution in [1.29, 1.82) is 0 Å². The van der Waals surface area contributed by atoms with E-state index in [0.717, 1.165) is 15.3 Å². The molecule has 2 atom stereocenters. The highest BCUT2D eigenvalue weighted by atomic mass is 79.9. The molecule has 0 bridgehead atoms. The highest BCUT2D eigenvalue weighted by Gasteiger charge is 2.31. The first kappa shape index (κ1) is 12.3. The summed E-state index contributed by atoms with van der Waals surface area (Å²) in [6, 6.07) is 8.15. The summed E-state index contributed by atoms with van der Waals surface area (Å²) in [4.78, 5) is 0.906. The van der Waals surface area contributed by atoms with Crippen molar-refractivity contribution in [2.75, 3.05) is 12.8 Å². The lowest BCUT2D eigenvalue weighted by Crippen LogP contribution is -2.33. The zero-order chi connectivity index (χ0) is 11.5. The number of benzene rings is 1. The molecule has 0 amide bonds. The monoisotopic (exact) mass is 301 g/mol. The number of hydrogen-bond donors (Lipinski definition) is 1. The molecular weight excluding hydrogens is 286 g/mol. The lowest BCUT2D eigenvalue weighted by atomic mass is 10.2. The van der Waals surface area contributed by atoms with Gasteiger partial charge in [-0.3, -0.25) is 4.21 Å². The molecule has 0 heterocycles. The van der Waals surface area contributed by atoms with E-state index in [1.54, 1.807) is 0 Å². The van der Waals surface area contributed by atoms with Crippen molar-refractivity contribution in [2.45, 2.75) is 23.8 Å². The third kappa shape index (κ3) is 2.93. The van der Waals surface area contributed by atoms with Gasteiger partial charge in [-0.2, -0.15) is 0 Å². The molecule has 2 nitrogen and oxygen atoms in total. The van der Waals surface area contributed by atoms with Gasteiger partial charge in [0, 0.05) is 16.3 Å². The van der Waals surface area contributed by atoms with Crippen molar-refractivity contribution in [3.05, 3.63) is 28.7 Å². The summed E-state index contributed by atoms with van der Waals surface area (Å²) in [5.41, 5.74) is 0. The van der Waals surface area contributed by atoms with E-state index >= 15 is 0 Å². The maximum Gasteiger partial charge on any atom is 0.0556 e. The van der Waals surface area contributed by atoms with Crippen LogP contribution in [0.3, 0.4) is 0 Å². The third-order valence-electron chi connectivity index (χ3n) is 2.97. The molecule has 1 aliphatic carbocycles. The summed E-state index contributed by atoms with van der Waals surface area (Å²) in [6.07, 6.45) is 2.55. The standard InChI is InChI=1S/C12H16BrNOS/c1-14-11(9-6-7-9)8-16(15)12-5-3-2-4-10(12)13/h2-5,9,11,14H,6-8H2,1H3. The summed E-state index contributed by atoms with van der Waals surface area (Å²) in [7, 11) is 1.04. The SMILES string of the molecule is CNC(CS(=O)c1ccccc1Br)C1CC1. The normalized spacial score (nSPS) is 19.4. The molecule has 1 aromatic carbocycles. The first-order valence-electron chi connectivity index (χ1n) is 5.52. The van der Waals surface area contributed by atoms with E-state index in [1.807, 2.05) is 31.3 Å². The van der Waals surface area contributed by atoms with E-state index in [2.05, 4.69) is 21.2 Å². The van der Waals surface area contributed by atoms with E-state index in [0.29, 0.717) is 11.8 Å². The summed E-state index contributed by atoms with van der Waals surface area (Å²) in [5, 5.41) is 3.28. The molecule has 2 unspecified atom stereocenters. The van der Waals surface area contributed by atoms with Gasteiger partial charge in [0.1, 0.15) is 0 Å². The second-order valence-corrected chi connectivity index (χ2v) is 6.49. The number of rotatable bonds is 5. The fourth-order valence-corrected chi connectivity index (χ4v) is 4.12. The van der Waals surface area contributed by atoms with Crippen LogP contribution in [0.4, 0.5) is 0 Å². The van der Waals surface area contributed by atoms with Gasteiger partial charge in [-0.05, 0) is 53.9 Å². The van der Waals surface area contributed by atoms with Gasteiger partial charge in [-0.25, -0.2) is 0 Å². The van der Waals surface area contributed by atoms with Crippen LogP contribution < -0.4 is 5.32 Å². The average Bonchev–Trinajstić information content (AvgIpc) is 3.10. The van der Waals surface area contributed by atoms with Crippen molar-refractivity contribution in [2.24, 2.45) is 5.92 Å². The predicted octanol–water partition coefficient (Wildman–Crippen LogP) is 2.55. The van der Waals surface area contributed by atoms with Gasteiger partial charge in [0.15, 0.2) is 0 Å². The fourth-order valence-electron chi connectivity index (χ4n) is 1.84.